The van der Waals surface area contributed by atoms with Crippen LogP contribution >= 0.6 is 11.6 Å². The lowest BCUT2D eigenvalue weighted by atomic mass is 9.96. The molecule has 0 aliphatic heterocycles. The van der Waals surface area contributed by atoms with Crippen LogP contribution in [0, 0.1) is 0 Å². The van der Waals surface area contributed by atoms with Crippen molar-refractivity contribution < 1.29 is 8.42 Å². The molecule has 0 aromatic heterocycles. The Morgan fingerprint density at radius 3 is 2.48 bits per heavy atom. The van der Waals surface area contributed by atoms with E-state index in [-0.39, 0.29) is 5.92 Å². The van der Waals surface area contributed by atoms with Crippen molar-refractivity contribution in [1.29, 1.82) is 0 Å². The molecule has 0 N–H and O–H groups in total. The van der Waals surface area contributed by atoms with Crippen molar-refractivity contribution in [3.05, 3.63) is 77.8 Å². The Labute approximate surface area is 143 Å². The molecule has 23 heavy (non-hydrogen) atoms. The molecule has 0 unspecified atom stereocenters. The zero-order valence-electron chi connectivity index (χ0n) is 13.0. The number of benzene rings is 2. The number of sulfonamides is 1. The zero-order valence-corrected chi connectivity index (χ0v) is 14.6. The standard InChI is InChI=1S/C18H20ClNO2S/c1-3-8-16(15-9-7-10-17(19)13-15)14-20(2)23(21,22)18-11-5-4-6-12-18/h3-7,9-13,16H,1,8,14H2,2H3/t16-/m1/s1. The summed E-state index contributed by atoms with van der Waals surface area (Å²) >= 11 is 6.05. The maximum atomic E-state index is 12.6. The van der Waals surface area contributed by atoms with Crippen LogP contribution in [0.1, 0.15) is 17.9 Å². The molecule has 2 rings (SSSR count). The summed E-state index contributed by atoms with van der Waals surface area (Å²) < 4.78 is 26.7. The van der Waals surface area contributed by atoms with Crippen LogP contribution in [0.5, 0.6) is 0 Å². The summed E-state index contributed by atoms with van der Waals surface area (Å²) in [6.45, 7) is 4.14. The predicted molar refractivity (Wildman–Crippen MR) is 95.3 cm³/mol. The van der Waals surface area contributed by atoms with E-state index in [0.29, 0.717) is 22.9 Å². The van der Waals surface area contributed by atoms with Gasteiger partial charge in [-0.3, -0.25) is 0 Å². The summed E-state index contributed by atoms with van der Waals surface area (Å²) in [6, 6.07) is 16.0. The van der Waals surface area contributed by atoms with Crippen LogP contribution in [0.15, 0.2) is 72.1 Å². The first-order valence-electron chi connectivity index (χ1n) is 7.33. The van der Waals surface area contributed by atoms with Gasteiger partial charge < -0.3 is 0 Å². The fourth-order valence-corrected chi connectivity index (χ4v) is 3.89. The summed E-state index contributed by atoms with van der Waals surface area (Å²) in [5.41, 5.74) is 1.01. The van der Waals surface area contributed by atoms with Crippen LogP contribution < -0.4 is 0 Å². The van der Waals surface area contributed by atoms with Crippen LogP contribution in [0.3, 0.4) is 0 Å². The van der Waals surface area contributed by atoms with Gasteiger partial charge >= 0.3 is 0 Å². The molecule has 0 saturated heterocycles. The number of hydrogen-bond donors (Lipinski definition) is 0. The quantitative estimate of drug-likeness (QED) is 0.698. The van der Waals surface area contributed by atoms with Gasteiger partial charge in [-0.25, -0.2) is 12.7 Å². The Morgan fingerprint density at radius 1 is 1.17 bits per heavy atom. The van der Waals surface area contributed by atoms with Gasteiger partial charge in [0.2, 0.25) is 10.0 Å². The maximum absolute atomic E-state index is 12.6. The molecular formula is C18H20ClNO2S. The molecule has 0 heterocycles. The van der Waals surface area contributed by atoms with Gasteiger partial charge in [-0.1, -0.05) is 48.0 Å². The Morgan fingerprint density at radius 2 is 1.87 bits per heavy atom. The summed E-state index contributed by atoms with van der Waals surface area (Å²) in [4.78, 5) is 0.297. The first kappa shape index (κ1) is 17.7. The third kappa shape index (κ3) is 4.44. The lowest BCUT2D eigenvalue weighted by molar-refractivity contribution is 0.436. The minimum atomic E-state index is -3.50. The van der Waals surface area contributed by atoms with Crippen molar-refractivity contribution >= 4 is 21.6 Å². The van der Waals surface area contributed by atoms with Crippen LogP contribution in [0.2, 0.25) is 5.02 Å². The van der Waals surface area contributed by atoms with Gasteiger partial charge in [0.15, 0.2) is 0 Å². The van der Waals surface area contributed by atoms with Gasteiger partial charge in [0, 0.05) is 24.5 Å². The number of likely N-dealkylation sites (N-methyl/N-ethyl adjacent to an activating group) is 1. The zero-order chi connectivity index (χ0) is 16.9. The topological polar surface area (TPSA) is 37.4 Å². The molecule has 0 aliphatic rings. The van der Waals surface area contributed by atoms with Gasteiger partial charge in [-0.15, -0.1) is 6.58 Å². The highest BCUT2D eigenvalue weighted by atomic mass is 35.5. The lowest BCUT2D eigenvalue weighted by Gasteiger charge is -2.23. The van der Waals surface area contributed by atoms with Gasteiger partial charge in [0.25, 0.3) is 0 Å². The molecular weight excluding hydrogens is 330 g/mol. The third-order valence-electron chi connectivity index (χ3n) is 3.70. The Hall–Kier alpha value is -1.62. The van der Waals surface area contributed by atoms with E-state index in [1.165, 1.54) is 4.31 Å². The van der Waals surface area contributed by atoms with E-state index in [1.54, 1.807) is 49.5 Å². The van der Waals surface area contributed by atoms with Crippen molar-refractivity contribution in [1.82, 2.24) is 4.31 Å². The number of nitrogens with zero attached hydrogens (tertiary/aromatic N) is 1. The average Bonchev–Trinajstić information content (AvgIpc) is 2.55. The SMILES string of the molecule is C=CC[C@H](CN(C)S(=O)(=O)c1ccccc1)c1cccc(Cl)c1. The molecule has 0 spiro atoms. The van der Waals surface area contributed by atoms with Crippen LogP contribution in [0.25, 0.3) is 0 Å². The molecule has 0 aliphatic carbocycles. The second-order valence-corrected chi connectivity index (χ2v) is 7.86. The Bertz CT molecular complexity index is 760. The lowest BCUT2D eigenvalue weighted by Crippen LogP contribution is -2.31. The van der Waals surface area contributed by atoms with E-state index < -0.39 is 10.0 Å². The highest BCUT2D eigenvalue weighted by Gasteiger charge is 2.24. The molecule has 3 nitrogen and oxygen atoms in total. The molecule has 0 fully saturated rings. The molecule has 1 atom stereocenters. The van der Waals surface area contributed by atoms with E-state index in [9.17, 15) is 8.42 Å². The van der Waals surface area contributed by atoms with Crippen molar-refractivity contribution in [3.8, 4) is 0 Å². The van der Waals surface area contributed by atoms with Gasteiger partial charge in [-0.2, -0.15) is 0 Å². The Kier molecular flexibility index (Phi) is 5.99. The van der Waals surface area contributed by atoms with Gasteiger partial charge in [-0.05, 0) is 36.2 Å². The smallest absolute Gasteiger partial charge is 0.207 e. The second-order valence-electron chi connectivity index (χ2n) is 5.37. The van der Waals surface area contributed by atoms with E-state index in [4.69, 9.17) is 11.6 Å². The van der Waals surface area contributed by atoms with Crippen molar-refractivity contribution in [3.63, 3.8) is 0 Å². The molecule has 122 valence electrons. The van der Waals surface area contributed by atoms with Crippen molar-refractivity contribution in [2.45, 2.75) is 17.2 Å². The van der Waals surface area contributed by atoms with Crippen LogP contribution in [0.4, 0.5) is 0 Å². The molecule has 0 bridgehead atoms. The first-order chi connectivity index (χ1) is 10.9. The highest BCUT2D eigenvalue weighted by Crippen LogP contribution is 2.26. The fourth-order valence-electron chi connectivity index (χ4n) is 2.46. The largest absolute Gasteiger partial charge is 0.242 e. The number of rotatable bonds is 7. The minimum absolute atomic E-state index is 0.00897. The van der Waals surface area contributed by atoms with E-state index in [1.807, 2.05) is 18.2 Å². The number of halogens is 1. The maximum Gasteiger partial charge on any atom is 0.242 e. The van der Waals surface area contributed by atoms with E-state index >= 15 is 0 Å². The number of allylic oxidation sites excluding steroid dienone is 1. The van der Waals surface area contributed by atoms with E-state index in [2.05, 4.69) is 6.58 Å². The average molecular weight is 350 g/mol. The van der Waals surface area contributed by atoms with Crippen molar-refractivity contribution in [2.24, 2.45) is 0 Å². The Balaban J connectivity index is 2.24. The van der Waals surface area contributed by atoms with Gasteiger partial charge in [0.05, 0.1) is 4.90 Å². The molecule has 5 heteroatoms. The summed E-state index contributed by atoms with van der Waals surface area (Å²) in [6.07, 6.45) is 2.48. The number of hydrogen-bond acceptors (Lipinski definition) is 2. The van der Waals surface area contributed by atoms with E-state index in [0.717, 1.165) is 5.56 Å². The molecule has 0 saturated carbocycles. The van der Waals surface area contributed by atoms with Crippen molar-refractivity contribution in [2.75, 3.05) is 13.6 Å². The second kappa shape index (κ2) is 7.77. The molecule has 2 aromatic carbocycles. The molecule has 2 aromatic rings. The molecule has 0 amide bonds. The summed E-state index contributed by atoms with van der Waals surface area (Å²) in [7, 11) is -1.90. The fraction of sp³-hybridized carbons (Fsp3) is 0.222. The van der Waals surface area contributed by atoms with Crippen LogP contribution in [-0.4, -0.2) is 26.3 Å². The predicted octanol–water partition coefficient (Wildman–Crippen LogP) is 4.32. The first-order valence-corrected chi connectivity index (χ1v) is 9.14. The van der Waals surface area contributed by atoms with Gasteiger partial charge in [0.1, 0.15) is 0 Å². The highest BCUT2D eigenvalue weighted by molar-refractivity contribution is 7.89. The minimum Gasteiger partial charge on any atom is -0.207 e. The summed E-state index contributed by atoms with van der Waals surface area (Å²) in [5, 5.41) is 0.644. The normalized spacial score (nSPS) is 13.0. The molecule has 0 radical (unpaired) electrons. The monoisotopic (exact) mass is 349 g/mol. The van der Waals surface area contributed by atoms with Crippen LogP contribution in [-0.2, 0) is 10.0 Å². The third-order valence-corrected chi connectivity index (χ3v) is 5.77. The summed E-state index contributed by atoms with van der Waals surface area (Å²) in [5.74, 6) is 0.00897.